The maximum Gasteiger partial charge on any atom is 0.203 e. The highest BCUT2D eigenvalue weighted by molar-refractivity contribution is 5.77. The van der Waals surface area contributed by atoms with Crippen LogP contribution in [0, 0.1) is 4.91 Å². The third kappa shape index (κ3) is 3.85. The second-order valence-corrected chi connectivity index (χ2v) is 5.13. The summed E-state index contributed by atoms with van der Waals surface area (Å²) in [6.45, 7) is 0. The molecular weight excluding hydrogens is 324 g/mol. The molecule has 0 atom stereocenters. The van der Waals surface area contributed by atoms with Crippen molar-refractivity contribution >= 4 is 22.7 Å². The molecule has 2 aromatic carbocycles. The summed E-state index contributed by atoms with van der Waals surface area (Å²) in [5.74, 6) is 1.64. The summed E-state index contributed by atoms with van der Waals surface area (Å²) >= 11 is 0. The number of rotatable bonds is 8. The summed E-state index contributed by atoms with van der Waals surface area (Å²) < 4.78 is 16.0. The van der Waals surface area contributed by atoms with Crippen molar-refractivity contribution in [3.63, 3.8) is 0 Å². The maximum atomic E-state index is 10.7. The fourth-order valence-electron chi connectivity index (χ4n) is 2.46. The van der Waals surface area contributed by atoms with Crippen LogP contribution in [0.5, 0.6) is 17.2 Å². The van der Waals surface area contributed by atoms with E-state index in [1.807, 2.05) is 24.3 Å². The minimum absolute atomic E-state index is 0.528. The molecule has 0 spiro atoms. The number of nitrogens with zero attached hydrogens (tertiary/aromatic N) is 2. The topological polar surface area (TPSA) is 84.4 Å². The highest BCUT2D eigenvalue weighted by Crippen LogP contribution is 2.41. The Kier molecular flexibility index (Phi) is 5.89. The number of hydrogen-bond donors (Lipinski definition) is 2. The van der Waals surface area contributed by atoms with E-state index in [2.05, 4.69) is 15.9 Å². The first-order valence-electron chi connectivity index (χ1n) is 7.53. The van der Waals surface area contributed by atoms with Gasteiger partial charge in [-0.2, -0.15) is 0 Å². The van der Waals surface area contributed by atoms with Crippen molar-refractivity contribution in [3.05, 3.63) is 35.2 Å². The number of nitroso groups, excluding NO2 is 1. The van der Waals surface area contributed by atoms with Gasteiger partial charge in [0.1, 0.15) is 0 Å². The van der Waals surface area contributed by atoms with E-state index in [4.69, 9.17) is 14.2 Å². The Morgan fingerprint density at radius 2 is 1.60 bits per heavy atom. The van der Waals surface area contributed by atoms with Gasteiger partial charge in [0, 0.05) is 37.6 Å². The Hall–Kier alpha value is -3.16. The monoisotopic (exact) mass is 346 g/mol. The lowest BCUT2D eigenvalue weighted by Crippen LogP contribution is -2.09. The third-order valence-electron chi connectivity index (χ3n) is 3.69. The van der Waals surface area contributed by atoms with Crippen LogP contribution in [0.3, 0.4) is 0 Å². The lowest BCUT2D eigenvalue weighted by Gasteiger charge is -2.17. The summed E-state index contributed by atoms with van der Waals surface area (Å²) in [6.07, 6.45) is 0. The molecule has 8 heteroatoms. The van der Waals surface area contributed by atoms with E-state index in [0.717, 1.165) is 17.1 Å². The van der Waals surface area contributed by atoms with E-state index in [-0.39, 0.29) is 0 Å². The van der Waals surface area contributed by atoms with Crippen LogP contribution in [0.15, 0.2) is 35.6 Å². The molecule has 0 bridgehead atoms. The fraction of sp³-hybridized carbons (Fsp3) is 0.294. The van der Waals surface area contributed by atoms with Crippen LogP contribution in [0.2, 0.25) is 0 Å². The Labute approximate surface area is 146 Å². The molecule has 0 aliphatic rings. The number of ether oxygens (including phenoxy) is 3. The van der Waals surface area contributed by atoms with Crippen molar-refractivity contribution in [2.24, 2.45) is 5.29 Å². The van der Waals surface area contributed by atoms with Crippen LogP contribution in [-0.2, 0) is 0 Å². The molecule has 0 heterocycles. The average Bonchev–Trinajstić information content (AvgIpc) is 2.66. The summed E-state index contributed by atoms with van der Waals surface area (Å²) in [6, 6.07) is 9.15. The van der Waals surface area contributed by atoms with Crippen LogP contribution in [0.4, 0.5) is 22.7 Å². The van der Waals surface area contributed by atoms with Crippen LogP contribution >= 0.6 is 0 Å². The Morgan fingerprint density at radius 1 is 0.960 bits per heavy atom. The standard InChI is InChI=1S/C17H22N4O4/c1-18-13-8-11(6-7-14(13)21(2)20-22)19-12-9-15(23-3)17(25-5)16(10-12)24-4/h6-10,18-19H,1-5H3. The molecule has 2 aromatic rings. The molecule has 0 aliphatic heterocycles. The van der Waals surface area contributed by atoms with Gasteiger partial charge in [-0.05, 0) is 18.2 Å². The van der Waals surface area contributed by atoms with Crippen molar-refractivity contribution in [3.8, 4) is 17.2 Å². The van der Waals surface area contributed by atoms with Gasteiger partial charge in [-0.3, -0.25) is 0 Å². The van der Waals surface area contributed by atoms with Gasteiger partial charge in [-0.1, -0.05) is 0 Å². The predicted octanol–water partition coefficient (Wildman–Crippen LogP) is 3.62. The van der Waals surface area contributed by atoms with E-state index in [0.29, 0.717) is 22.9 Å². The molecule has 2 N–H and O–H groups in total. The Morgan fingerprint density at radius 3 is 2.08 bits per heavy atom. The van der Waals surface area contributed by atoms with Crippen LogP contribution in [-0.4, -0.2) is 35.4 Å². The Bertz CT molecular complexity index is 726. The summed E-state index contributed by atoms with van der Waals surface area (Å²) in [4.78, 5) is 10.7. The molecule has 0 unspecified atom stereocenters. The zero-order valence-corrected chi connectivity index (χ0v) is 14.9. The minimum Gasteiger partial charge on any atom is -0.493 e. The van der Waals surface area contributed by atoms with E-state index >= 15 is 0 Å². The first-order chi connectivity index (χ1) is 12.1. The van der Waals surface area contributed by atoms with E-state index in [1.165, 1.54) is 5.01 Å². The lowest BCUT2D eigenvalue weighted by molar-refractivity contribution is 0.324. The highest BCUT2D eigenvalue weighted by Gasteiger charge is 2.14. The van der Waals surface area contributed by atoms with Gasteiger partial charge >= 0.3 is 0 Å². The molecule has 0 saturated carbocycles. The van der Waals surface area contributed by atoms with Gasteiger partial charge < -0.3 is 24.8 Å². The number of nitrogens with one attached hydrogen (secondary N) is 2. The van der Waals surface area contributed by atoms with Crippen molar-refractivity contribution in [2.45, 2.75) is 0 Å². The first-order valence-corrected chi connectivity index (χ1v) is 7.53. The molecular formula is C17H22N4O4. The smallest absolute Gasteiger partial charge is 0.203 e. The van der Waals surface area contributed by atoms with Crippen LogP contribution in [0.25, 0.3) is 0 Å². The van der Waals surface area contributed by atoms with Gasteiger partial charge in [0.2, 0.25) is 5.75 Å². The van der Waals surface area contributed by atoms with Crippen molar-refractivity contribution in [2.75, 3.05) is 51.1 Å². The van der Waals surface area contributed by atoms with Crippen LogP contribution in [0.1, 0.15) is 0 Å². The Balaban J connectivity index is 2.38. The molecule has 0 aliphatic carbocycles. The number of hydrogen-bond acceptors (Lipinski definition) is 7. The molecule has 0 radical (unpaired) electrons. The van der Waals surface area contributed by atoms with E-state index in [9.17, 15) is 4.91 Å². The molecule has 0 amide bonds. The molecule has 2 rings (SSSR count). The van der Waals surface area contributed by atoms with E-state index < -0.39 is 0 Å². The SMILES string of the molecule is CNc1cc(Nc2cc(OC)c(OC)c(OC)c2)ccc1N(C)N=O. The predicted molar refractivity (Wildman–Crippen MR) is 99.6 cm³/mol. The third-order valence-corrected chi connectivity index (χ3v) is 3.69. The number of methoxy groups -OCH3 is 3. The first kappa shape index (κ1) is 18.2. The fourth-order valence-corrected chi connectivity index (χ4v) is 2.46. The lowest BCUT2D eigenvalue weighted by atomic mass is 10.2. The zero-order chi connectivity index (χ0) is 18.4. The second kappa shape index (κ2) is 8.09. The second-order valence-electron chi connectivity index (χ2n) is 5.13. The minimum atomic E-state index is 0.528. The van der Waals surface area contributed by atoms with Gasteiger partial charge in [0.15, 0.2) is 11.5 Å². The normalized spacial score (nSPS) is 9.96. The van der Waals surface area contributed by atoms with Crippen molar-refractivity contribution in [1.82, 2.24) is 0 Å². The quantitative estimate of drug-likeness (QED) is 0.558. The van der Waals surface area contributed by atoms with Gasteiger partial charge in [0.25, 0.3) is 0 Å². The van der Waals surface area contributed by atoms with Crippen molar-refractivity contribution in [1.29, 1.82) is 0 Å². The van der Waals surface area contributed by atoms with Gasteiger partial charge in [-0.25, -0.2) is 5.01 Å². The number of anilines is 4. The maximum absolute atomic E-state index is 10.7. The zero-order valence-electron chi connectivity index (χ0n) is 14.9. The molecule has 25 heavy (non-hydrogen) atoms. The highest BCUT2D eigenvalue weighted by atomic mass is 16.5. The van der Waals surface area contributed by atoms with Gasteiger partial charge in [-0.15, -0.1) is 4.91 Å². The average molecular weight is 346 g/mol. The summed E-state index contributed by atoms with van der Waals surface area (Å²) in [5, 5.41) is 10.5. The summed E-state index contributed by atoms with van der Waals surface area (Å²) in [5.41, 5.74) is 3.03. The molecule has 0 saturated heterocycles. The van der Waals surface area contributed by atoms with Crippen molar-refractivity contribution < 1.29 is 14.2 Å². The molecule has 8 nitrogen and oxygen atoms in total. The van der Waals surface area contributed by atoms with E-state index in [1.54, 1.807) is 41.5 Å². The van der Waals surface area contributed by atoms with Crippen LogP contribution < -0.4 is 29.9 Å². The molecule has 0 aromatic heterocycles. The molecule has 0 fully saturated rings. The van der Waals surface area contributed by atoms with Gasteiger partial charge in [0.05, 0.1) is 38.0 Å². The number of benzene rings is 2. The molecule has 134 valence electrons. The summed E-state index contributed by atoms with van der Waals surface area (Å²) in [7, 11) is 8.06. The largest absolute Gasteiger partial charge is 0.493 e.